The Morgan fingerprint density at radius 3 is 1.37 bits per heavy atom. The molecule has 1 N–H and O–H groups in total. The van der Waals surface area contributed by atoms with E-state index < -0.39 is 29.6 Å². The number of hydrogen-bond donors (Lipinski definition) is 1. The molecule has 0 amide bonds. The molecule has 1 fully saturated rings. The first-order valence-corrected chi connectivity index (χ1v) is 10.4. The van der Waals surface area contributed by atoms with Gasteiger partial charge in [-0.25, -0.2) is 0 Å². The summed E-state index contributed by atoms with van der Waals surface area (Å²) in [6, 6.07) is 11.9. The maximum atomic E-state index is 12.1. The highest BCUT2D eigenvalue weighted by Gasteiger charge is 2.62. The first-order chi connectivity index (χ1) is 14.2. The summed E-state index contributed by atoms with van der Waals surface area (Å²) >= 11 is 0. The third-order valence-corrected chi connectivity index (χ3v) is 6.46. The van der Waals surface area contributed by atoms with Crippen LogP contribution in [-0.2, 0) is 12.8 Å². The molecule has 0 spiro atoms. The van der Waals surface area contributed by atoms with Gasteiger partial charge in [-0.05, 0) is 48.9 Å². The van der Waals surface area contributed by atoms with E-state index in [2.05, 4.69) is 19.2 Å². The van der Waals surface area contributed by atoms with Gasteiger partial charge in [0.05, 0.1) is 0 Å². The van der Waals surface area contributed by atoms with Crippen molar-refractivity contribution in [2.75, 3.05) is 0 Å². The SMILES string of the molecule is CCc1ccc([C@H]2N[C@@H](c3ccc(CC)cc3)[C@@H]([N+](=O)[O-])C(C)(C)[C@@H]2[N+](=O)[O-])cc1. The van der Waals surface area contributed by atoms with Gasteiger partial charge in [0, 0.05) is 9.85 Å². The Kier molecular flexibility index (Phi) is 6.22. The summed E-state index contributed by atoms with van der Waals surface area (Å²) in [6.45, 7) is 7.40. The summed E-state index contributed by atoms with van der Waals surface area (Å²) in [7, 11) is 0. The zero-order valence-corrected chi connectivity index (χ0v) is 17.9. The number of nitrogens with one attached hydrogen (secondary N) is 1. The molecule has 0 aliphatic carbocycles. The van der Waals surface area contributed by atoms with E-state index in [1.54, 1.807) is 13.8 Å². The molecule has 0 aromatic heterocycles. The Morgan fingerprint density at radius 2 is 1.10 bits per heavy atom. The second-order valence-corrected chi connectivity index (χ2v) is 8.59. The highest BCUT2D eigenvalue weighted by molar-refractivity contribution is 5.31. The predicted molar refractivity (Wildman–Crippen MR) is 116 cm³/mol. The fourth-order valence-corrected chi connectivity index (χ4v) is 4.67. The van der Waals surface area contributed by atoms with Crippen molar-refractivity contribution in [3.8, 4) is 0 Å². The van der Waals surface area contributed by atoms with Crippen LogP contribution in [0.15, 0.2) is 48.5 Å². The molecular weight excluding hydrogens is 382 g/mol. The minimum Gasteiger partial charge on any atom is -0.291 e. The number of rotatable bonds is 6. The summed E-state index contributed by atoms with van der Waals surface area (Å²) in [6.07, 6.45) is 1.75. The van der Waals surface area contributed by atoms with Crippen LogP contribution in [0.1, 0.15) is 62.0 Å². The second-order valence-electron chi connectivity index (χ2n) is 8.59. The number of nitrogens with zero attached hydrogens (tertiary/aromatic N) is 2. The molecule has 0 bridgehead atoms. The van der Waals surface area contributed by atoms with Crippen LogP contribution < -0.4 is 5.32 Å². The minimum atomic E-state index is -1.17. The van der Waals surface area contributed by atoms with E-state index in [-0.39, 0.29) is 9.85 Å². The smallest absolute Gasteiger partial charge is 0.243 e. The highest BCUT2D eigenvalue weighted by Crippen LogP contribution is 2.46. The Bertz CT molecular complexity index is 836. The first kappa shape index (κ1) is 21.9. The van der Waals surface area contributed by atoms with Gasteiger partial charge in [0.25, 0.3) is 0 Å². The molecule has 1 aliphatic rings. The van der Waals surface area contributed by atoms with E-state index in [1.165, 1.54) is 0 Å². The molecule has 4 atom stereocenters. The van der Waals surface area contributed by atoms with Crippen molar-refractivity contribution >= 4 is 0 Å². The lowest BCUT2D eigenvalue weighted by atomic mass is 9.66. The number of nitro groups is 2. The zero-order chi connectivity index (χ0) is 22.1. The lowest BCUT2D eigenvalue weighted by molar-refractivity contribution is -0.605. The molecule has 30 heavy (non-hydrogen) atoms. The Morgan fingerprint density at radius 1 is 0.767 bits per heavy atom. The third kappa shape index (κ3) is 3.94. The first-order valence-electron chi connectivity index (χ1n) is 10.4. The van der Waals surface area contributed by atoms with E-state index in [1.807, 2.05) is 48.5 Å². The van der Waals surface area contributed by atoms with Gasteiger partial charge >= 0.3 is 0 Å². The second kappa shape index (κ2) is 8.52. The minimum absolute atomic E-state index is 0.363. The van der Waals surface area contributed by atoms with Crippen molar-refractivity contribution in [2.45, 2.75) is 64.7 Å². The third-order valence-electron chi connectivity index (χ3n) is 6.46. The molecule has 0 radical (unpaired) electrons. The molecule has 1 heterocycles. The highest BCUT2D eigenvalue weighted by atomic mass is 16.6. The van der Waals surface area contributed by atoms with Crippen molar-refractivity contribution in [1.29, 1.82) is 0 Å². The van der Waals surface area contributed by atoms with E-state index in [0.717, 1.165) is 35.1 Å². The van der Waals surface area contributed by atoms with Gasteiger partial charge < -0.3 is 0 Å². The van der Waals surface area contributed by atoms with Crippen molar-refractivity contribution in [2.24, 2.45) is 5.41 Å². The molecular formula is C23H29N3O4. The summed E-state index contributed by atoms with van der Waals surface area (Å²) in [5.74, 6) is 0. The lowest BCUT2D eigenvalue weighted by Gasteiger charge is -2.44. The molecule has 160 valence electrons. The normalized spacial score (nSPS) is 25.6. The van der Waals surface area contributed by atoms with Crippen LogP contribution in [0.5, 0.6) is 0 Å². The van der Waals surface area contributed by atoms with Gasteiger partial charge in [-0.1, -0.05) is 62.4 Å². The van der Waals surface area contributed by atoms with Gasteiger partial charge in [-0.15, -0.1) is 0 Å². The standard InChI is InChI=1S/C23H29N3O4/c1-5-15-7-11-17(12-8-15)19-21(25(27)28)23(3,4)22(26(29)30)20(24-19)18-13-9-16(6-2)10-14-18/h7-14,19-22,24H,5-6H2,1-4H3/t19-,20+,21-,22-/m1/s1. The average molecular weight is 412 g/mol. The monoisotopic (exact) mass is 411 g/mol. The van der Waals surface area contributed by atoms with Crippen LogP contribution in [-0.4, -0.2) is 21.9 Å². The average Bonchev–Trinajstić information content (AvgIpc) is 2.71. The van der Waals surface area contributed by atoms with Crippen molar-refractivity contribution in [3.05, 3.63) is 91.0 Å². The van der Waals surface area contributed by atoms with Crippen LogP contribution >= 0.6 is 0 Å². The van der Waals surface area contributed by atoms with E-state index >= 15 is 0 Å². The molecule has 7 heteroatoms. The molecule has 2 aromatic rings. The number of piperidine rings is 1. The fourth-order valence-electron chi connectivity index (χ4n) is 4.67. The maximum absolute atomic E-state index is 12.1. The summed E-state index contributed by atoms with van der Waals surface area (Å²) in [5, 5.41) is 27.5. The lowest BCUT2D eigenvalue weighted by Crippen LogP contribution is -2.63. The Hall–Kier alpha value is -2.80. The van der Waals surface area contributed by atoms with E-state index in [4.69, 9.17) is 0 Å². The Balaban J connectivity index is 2.11. The molecule has 0 unspecified atom stereocenters. The van der Waals surface area contributed by atoms with E-state index in [9.17, 15) is 20.2 Å². The zero-order valence-electron chi connectivity index (χ0n) is 17.9. The van der Waals surface area contributed by atoms with Crippen LogP contribution in [0, 0.1) is 25.6 Å². The molecule has 0 saturated carbocycles. The van der Waals surface area contributed by atoms with Gasteiger partial charge in [0.1, 0.15) is 17.5 Å². The molecule has 1 aliphatic heterocycles. The predicted octanol–water partition coefficient (Wildman–Crippen LogP) is 4.51. The number of aryl methyl sites for hydroxylation is 2. The maximum Gasteiger partial charge on any atom is 0.243 e. The molecule has 7 nitrogen and oxygen atoms in total. The van der Waals surface area contributed by atoms with Gasteiger partial charge in [-0.3, -0.25) is 25.5 Å². The Labute approximate surface area is 176 Å². The van der Waals surface area contributed by atoms with Gasteiger partial charge in [0.2, 0.25) is 12.1 Å². The van der Waals surface area contributed by atoms with Crippen LogP contribution in [0.25, 0.3) is 0 Å². The largest absolute Gasteiger partial charge is 0.291 e. The molecule has 3 rings (SSSR count). The fraction of sp³-hybridized carbons (Fsp3) is 0.478. The number of benzene rings is 2. The topological polar surface area (TPSA) is 98.3 Å². The van der Waals surface area contributed by atoms with Gasteiger partial charge in [0.15, 0.2) is 0 Å². The van der Waals surface area contributed by atoms with Crippen LogP contribution in [0.4, 0.5) is 0 Å². The van der Waals surface area contributed by atoms with Gasteiger partial charge in [-0.2, -0.15) is 0 Å². The number of hydrogen-bond acceptors (Lipinski definition) is 5. The molecule has 1 saturated heterocycles. The summed E-state index contributed by atoms with van der Waals surface area (Å²) < 4.78 is 0. The summed E-state index contributed by atoms with van der Waals surface area (Å²) in [5.41, 5.74) is 2.67. The van der Waals surface area contributed by atoms with Crippen molar-refractivity contribution < 1.29 is 9.85 Å². The summed E-state index contributed by atoms with van der Waals surface area (Å²) in [4.78, 5) is 23.5. The van der Waals surface area contributed by atoms with E-state index in [0.29, 0.717) is 0 Å². The quantitative estimate of drug-likeness (QED) is 0.557. The van der Waals surface area contributed by atoms with Crippen LogP contribution in [0.2, 0.25) is 0 Å². The van der Waals surface area contributed by atoms with Crippen molar-refractivity contribution in [1.82, 2.24) is 5.32 Å². The molecule has 2 aromatic carbocycles. The van der Waals surface area contributed by atoms with Crippen molar-refractivity contribution in [3.63, 3.8) is 0 Å². The van der Waals surface area contributed by atoms with Crippen LogP contribution in [0.3, 0.4) is 0 Å².